The normalized spacial score (nSPS) is 11.6. The smallest absolute Gasteiger partial charge is 0.127 e. The van der Waals surface area contributed by atoms with Gasteiger partial charge in [-0.05, 0) is 70.8 Å². The zero-order valence-corrected chi connectivity index (χ0v) is 20.2. The average Bonchev–Trinajstić information content (AvgIpc) is 2.96. The number of rotatable bonds is 6. The van der Waals surface area contributed by atoms with Gasteiger partial charge in [0, 0.05) is 23.2 Å². The van der Waals surface area contributed by atoms with Gasteiger partial charge in [0.25, 0.3) is 0 Å². The maximum atomic E-state index is 6.05. The van der Waals surface area contributed by atoms with E-state index in [1.165, 1.54) is 0 Å². The standard InChI is InChI=1S/C34H24N2O/c1-3-29-15-9-27(23-33(29)35-21-1)7-5-25-11-17-31(18-12-25)37-32-19-13-26(14-20-32)6-8-28-10-16-30-4-2-22-36-34(30)24-28/h1-24H. The predicted molar refractivity (Wildman–Crippen MR) is 154 cm³/mol. The van der Waals surface area contributed by atoms with Gasteiger partial charge in [0.2, 0.25) is 0 Å². The van der Waals surface area contributed by atoms with Crippen LogP contribution >= 0.6 is 0 Å². The van der Waals surface area contributed by atoms with Crippen molar-refractivity contribution in [1.82, 2.24) is 9.97 Å². The summed E-state index contributed by atoms with van der Waals surface area (Å²) in [5, 5.41) is 2.29. The highest BCUT2D eigenvalue weighted by Gasteiger charge is 1.99. The molecule has 0 spiro atoms. The number of fused-ring (bicyclic) bond motifs is 2. The summed E-state index contributed by atoms with van der Waals surface area (Å²) in [6, 6.07) is 36.8. The second-order valence-electron chi connectivity index (χ2n) is 8.82. The Morgan fingerprint density at radius 3 is 1.30 bits per heavy atom. The van der Waals surface area contributed by atoms with E-state index >= 15 is 0 Å². The highest BCUT2D eigenvalue weighted by atomic mass is 16.5. The van der Waals surface area contributed by atoms with Gasteiger partial charge >= 0.3 is 0 Å². The molecular weight excluding hydrogens is 452 g/mol. The Morgan fingerprint density at radius 2 is 0.838 bits per heavy atom. The molecule has 0 atom stereocenters. The van der Waals surface area contributed by atoms with Gasteiger partial charge in [-0.3, -0.25) is 9.97 Å². The van der Waals surface area contributed by atoms with Crippen molar-refractivity contribution in [2.45, 2.75) is 0 Å². The molecule has 0 unspecified atom stereocenters. The summed E-state index contributed by atoms with van der Waals surface area (Å²) < 4.78 is 6.05. The Morgan fingerprint density at radius 1 is 0.432 bits per heavy atom. The Balaban J connectivity index is 1.08. The number of hydrogen-bond acceptors (Lipinski definition) is 3. The summed E-state index contributed by atoms with van der Waals surface area (Å²) >= 11 is 0. The molecule has 176 valence electrons. The maximum Gasteiger partial charge on any atom is 0.127 e. The van der Waals surface area contributed by atoms with Crippen LogP contribution in [0.2, 0.25) is 0 Å². The first-order valence-electron chi connectivity index (χ1n) is 12.2. The van der Waals surface area contributed by atoms with Crippen LogP contribution in [0.1, 0.15) is 22.3 Å². The van der Waals surface area contributed by atoms with Crippen LogP contribution in [0, 0.1) is 0 Å². The van der Waals surface area contributed by atoms with Crippen LogP contribution in [0.5, 0.6) is 11.5 Å². The molecule has 3 nitrogen and oxygen atoms in total. The highest BCUT2D eigenvalue weighted by Crippen LogP contribution is 2.24. The first-order chi connectivity index (χ1) is 18.3. The van der Waals surface area contributed by atoms with Gasteiger partial charge in [-0.2, -0.15) is 0 Å². The second kappa shape index (κ2) is 10.3. The molecule has 0 bridgehead atoms. The number of hydrogen-bond donors (Lipinski definition) is 0. The molecule has 0 saturated carbocycles. The van der Waals surface area contributed by atoms with Crippen LogP contribution in [-0.2, 0) is 0 Å². The zero-order chi connectivity index (χ0) is 24.9. The molecule has 37 heavy (non-hydrogen) atoms. The molecule has 0 aliphatic heterocycles. The minimum Gasteiger partial charge on any atom is -0.457 e. The molecule has 6 aromatic rings. The van der Waals surface area contributed by atoms with Crippen molar-refractivity contribution in [3.63, 3.8) is 0 Å². The molecule has 4 aromatic carbocycles. The van der Waals surface area contributed by atoms with Crippen molar-refractivity contribution in [3.05, 3.63) is 144 Å². The van der Waals surface area contributed by atoms with Gasteiger partial charge in [0.05, 0.1) is 11.0 Å². The lowest BCUT2D eigenvalue weighted by Gasteiger charge is -2.06. The molecule has 0 N–H and O–H groups in total. The third-order valence-electron chi connectivity index (χ3n) is 6.19. The van der Waals surface area contributed by atoms with E-state index in [4.69, 9.17) is 4.74 Å². The van der Waals surface area contributed by atoms with E-state index in [9.17, 15) is 0 Å². The number of nitrogens with zero attached hydrogens (tertiary/aromatic N) is 2. The summed E-state index contributed by atoms with van der Waals surface area (Å²) in [5.41, 5.74) is 6.47. The van der Waals surface area contributed by atoms with Gasteiger partial charge < -0.3 is 4.74 Å². The summed E-state index contributed by atoms with van der Waals surface area (Å²) in [4.78, 5) is 8.86. The molecule has 0 saturated heterocycles. The molecule has 0 aliphatic carbocycles. The lowest BCUT2D eigenvalue weighted by molar-refractivity contribution is 0.482. The van der Waals surface area contributed by atoms with E-state index in [1.807, 2.05) is 48.8 Å². The maximum absolute atomic E-state index is 6.05. The van der Waals surface area contributed by atoms with Crippen LogP contribution in [0.25, 0.3) is 46.1 Å². The van der Waals surface area contributed by atoms with Gasteiger partial charge in [-0.1, -0.05) is 85.0 Å². The van der Waals surface area contributed by atoms with Gasteiger partial charge in [-0.25, -0.2) is 0 Å². The quantitative estimate of drug-likeness (QED) is 0.225. The van der Waals surface area contributed by atoms with Crippen molar-refractivity contribution < 1.29 is 4.74 Å². The summed E-state index contributed by atoms with van der Waals surface area (Å²) in [5.74, 6) is 1.61. The molecule has 0 radical (unpaired) electrons. The second-order valence-corrected chi connectivity index (χ2v) is 8.82. The minimum atomic E-state index is 0.805. The topological polar surface area (TPSA) is 35.0 Å². The molecule has 2 heterocycles. The summed E-state index contributed by atoms with van der Waals surface area (Å²) in [6.07, 6.45) is 12.0. The monoisotopic (exact) mass is 476 g/mol. The van der Waals surface area contributed by atoms with Crippen LogP contribution in [0.3, 0.4) is 0 Å². The fourth-order valence-electron chi connectivity index (χ4n) is 4.19. The lowest BCUT2D eigenvalue weighted by Crippen LogP contribution is -1.84. The summed E-state index contributed by atoms with van der Waals surface area (Å²) in [6.45, 7) is 0. The molecule has 2 aromatic heterocycles. The van der Waals surface area contributed by atoms with Crippen molar-refractivity contribution >= 4 is 46.1 Å². The molecule has 6 rings (SSSR count). The van der Waals surface area contributed by atoms with E-state index in [0.717, 1.165) is 55.6 Å². The Labute approximate surface area is 216 Å². The Hall–Kier alpha value is -5.02. The highest BCUT2D eigenvalue weighted by molar-refractivity contribution is 5.83. The van der Waals surface area contributed by atoms with Crippen LogP contribution < -0.4 is 4.74 Å². The molecule has 0 fully saturated rings. The lowest BCUT2D eigenvalue weighted by atomic mass is 10.1. The molecular formula is C34H24N2O. The third kappa shape index (κ3) is 5.47. The average molecular weight is 477 g/mol. The van der Waals surface area contributed by atoms with Crippen LogP contribution in [0.15, 0.2) is 122 Å². The van der Waals surface area contributed by atoms with E-state index < -0.39 is 0 Å². The minimum absolute atomic E-state index is 0.805. The fraction of sp³-hybridized carbons (Fsp3) is 0. The van der Waals surface area contributed by atoms with Crippen LogP contribution in [-0.4, -0.2) is 9.97 Å². The Bertz CT molecular complexity index is 1600. The number of aromatic nitrogens is 2. The van der Waals surface area contributed by atoms with E-state index in [0.29, 0.717) is 0 Å². The zero-order valence-electron chi connectivity index (χ0n) is 20.2. The van der Waals surface area contributed by atoms with Crippen molar-refractivity contribution in [2.75, 3.05) is 0 Å². The van der Waals surface area contributed by atoms with Gasteiger partial charge in [0.15, 0.2) is 0 Å². The van der Waals surface area contributed by atoms with Crippen LogP contribution in [0.4, 0.5) is 0 Å². The Kier molecular flexibility index (Phi) is 6.25. The SMILES string of the molecule is C(=Cc1ccc2cccnc2c1)c1ccc(Oc2ccc(C=Cc3ccc4cccnc4c3)cc2)cc1. The number of benzene rings is 4. The molecule has 0 amide bonds. The van der Waals surface area contributed by atoms with E-state index in [2.05, 4.69) is 107 Å². The third-order valence-corrected chi connectivity index (χ3v) is 6.19. The number of ether oxygens (including phenoxy) is 1. The van der Waals surface area contributed by atoms with E-state index in [-0.39, 0.29) is 0 Å². The van der Waals surface area contributed by atoms with Crippen molar-refractivity contribution in [3.8, 4) is 11.5 Å². The molecule has 0 aliphatic rings. The largest absolute Gasteiger partial charge is 0.457 e. The molecule has 3 heteroatoms. The van der Waals surface area contributed by atoms with E-state index in [1.54, 1.807) is 0 Å². The first-order valence-corrected chi connectivity index (χ1v) is 12.2. The van der Waals surface area contributed by atoms with Gasteiger partial charge in [-0.15, -0.1) is 0 Å². The van der Waals surface area contributed by atoms with Crippen molar-refractivity contribution in [1.29, 1.82) is 0 Å². The van der Waals surface area contributed by atoms with Gasteiger partial charge in [0.1, 0.15) is 11.5 Å². The number of pyridine rings is 2. The van der Waals surface area contributed by atoms with Crippen molar-refractivity contribution in [2.24, 2.45) is 0 Å². The first kappa shape index (κ1) is 22.4. The predicted octanol–water partition coefficient (Wildman–Crippen LogP) is 8.92. The fourth-order valence-corrected chi connectivity index (χ4v) is 4.19. The summed E-state index contributed by atoms with van der Waals surface area (Å²) in [7, 11) is 0.